The number of halogens is 3. The number of hydrogen-bond acceptors (Lipinski definition) is 2. The van der Waals surface area contributed by atoms with E-state index >= 15 is 0 Å². The fraction of sp³-hybridized carbons (Fsp3) is 0.400. The number of benzene rings is 1. The zero-order valence-corrected chi connectivity index (χ0v) is 8.15. The molecule has 5 heteroatoms. The summed E-state index contributed by atoms with van der Waals surface area (Å²) < 4.78 is 38.1. The average Bonchev–Trinajstić information content (AvgIpc) is 2.16. The number of anilines is 1. The molecule has 1 aliphatic rings. The lowest BCUT2D eigenvalue weighted by Crippen LogP contribution is -2.61. The van der Waals surface area contributed by atoms with Crippen molar-refractivity contribution in [2.45, 2.75) is 25.3 Å². The number of para-hydroxylation sites is 1. The lowest BCUT2D eigenvalue weighted by atomic mass is 10.0. The molecule has 1 atom stereocenters. The molecule has 0 amide bonds. The highest BCUT2D eigenvalue weighted by atomic mass is 19.4. The van der Waals surface area contributed by atoms with Crippen molar-refractivity contribution >= 4 is 5.69 Å². The van der Waals surface area contributed by atoms with E-state index in [1.165, 1.54) is 0 Å². The monoisotopic (exact) mass is 216 g/mol. The van der Waals surface area contributed by atoms with Crippen molar-refractivity contribution in [1.82, 2.24) is 5.32 Å². The maximum absolute atomic E-state index is 12.7. The van der Waals surface area contributed by atoms with E-state index in [2.05, 4.69) is 10.6 Å². The molecule has 1 heterocycles. The number of fused-ring (bicyclic) bond motifs is 1. The van der Waals surface area contributed by atoms with E-state index < -0.39 is 11.8 Å². The summed E-state index contributed by atoms with van der Waals surface area (Å²) in [5.41, 5.74) is -0.656. The molecule has 2 nitrogen and oxygen atoms in total. The fourth-order valence-corrected chi connectivity index (χ4v) is 1.55. The molecule has 2 rings (SSSR count). The molecule has 2 N–H and O–H groups in total. The van der Waals surface area contributed by atoms with Crippen molar-refractivity contribution < 1.29 is 13.2 Å². The van der Waals surface area contributed by atoms with Crippen LogP contribution in [-0.4, -0.2) is 11.8 Å². The van der Waals surface area contributed by atoms with Crippen LogP contribution in [0.4, 0.5) is 18.9 Å². The van der Waals surface area contributed by atoms with E-state index in [0.717, 1.165) is 12.5 Å². The van der Waals surface area contributed by atoms with Crippen LogP contribution in [0.5, 0.6) is 0 Å². The Morgan fingerprint density at radius 2 is 1.93 bits per heavy atom. The Hall–Kier alpha value is -1.23. The first-order valence-corrected chi connectivity index (χ1v) is 4.60. The molecule has 0 saturated heterocycles. The topological polar surface area (TPSA) is 24.1 Å². The SMILES string of the molecule is CC1(C(F)(F)F)NCc2ccccc2N1. The summed E-state index contributed by atoms with van der Waals surface area (Å²) in [5, 5.41) is 4.93. The van der Waals surface area contributed by atoms with E-state index in [1.807, 2.05) is 0 Å². The van der Waals surface area contributed by atoms with Gasteiger partial charge in [0.2, 0.25) is 0 Å². The first kappa shape index (κ1) is 10.3. The van der Waals surface area contributed by atoms with E-state index in [0.29, 0.717) is 5.69 Å². The van der Waals surface area contributed by atoms with Gasteiger partial charge in [-0.3, -0.25) is 5.32 Å². The second-order valence-corrected chi connectivity index (χ2v) is 3.76. The molecule has 15 heavy (non-hydrogen) atoms. The minimum atomic E-state index is -4.32. The summed E-state index contributed by atoms with van der Waals surface area (Å²) in [5.74, 6) is 0. The van der Waals surface area contributed by atoms with Gasteiger partial charge in [0, 0.05) is 12.2 Å². The molecule has 0 bridgehead atoms. The Morgan fingerprint density at radius 1 is 1.27 bits per heavy atom. The Morgan fingerprint density at radius 3 is 2.60 bits per heavy atom. The smallest absolute Gasteiger partial charge is 0.360 e. The Bertz CT molecular complexity index is 375. The van der Waals surface area contributed by atoms with Crippen LogP contribution in [-0.2, 0) is 6.54 Å². The summed E-state index contributed by atoms with van der Waals surface area (Å²) >= 11 is 0. The summed E-state index contributed by atoms with van der Waals surface area (Å²) in [6, 6.07) is 6.97. The van der Waals surface area contributed by atoms with E-state index in [9.17, 15) is 13.2 Å². The minimum Gasteiger partial charge on any atom is -0.360 e. The third-order valence-electron chi connectivity index (χ3n) is 2.60. The van der Waals surface area contributed by atoms with Gasteiger partial charge in [-0.05, 0) is 18.6 Å². The van der Waals surface area contributed by atoms with Gasteiger partial charge in [-0.15, -0.1) is 0 Å². The molecular weight excluding hydrogens is 205 g/mol. The number of hydrogen-bond donors (Lipinski definition) is 2. The van der Waals surface area contributed by atoms with Crippen molar-refractivity contribution in [2.24, 2.45) is 0 Å². The molecule has 1 aromatic rings. The van der Waals surface area contributed by atoms with Crippen LogP contribution in [0.1, 0.15) is 12.5 Å². The summed E-state index contributed by atoms with van der Waals surface area (Å²) in [4.78, 5) is 0. The molecular formula is C10H11F3N2. The first-order chi connectivity index (χ1) is 6.92. The van der Waals surface area contributed by atoms with Crippen LogP contribution in [0.15, 0.2) is 24.3 Å². The van der Waals surface area contributed by atoms with Crippen LogP contribution in [0, 0.1) is 0 Å². The summed E-state index contributed by atoms with van der Waals surface area (Å²) in [6.45, 7) is 1.32. The Balaban J connectivity index is 2.33. The van der Waals surface area contributed by atoms with Crippen LogP contribution in [0.25, 0.3) is 0 Å². The summed E-state index contributed by atoms with van der Waals surface area (Å²) in [7, 11) is 0. The predicted molar refractivity (Wildman–Crippen MR) is 51.4 cm³/mol. The zero-order chi connectivity index (χ0) is 11.1. The van der Waals surface area contributed by atoms with Gasteiger partial charge in [0.05, 0.1) is 0 Å². The average molecular weight is 216 g/mol. The largest absolute Gasteiger partial charge is 0.424 e. The highest BCUT2D eigenvalue weighted by molar-refractivity contribution is 5.55. The third-order valence-corrected chi connectivity index (χ3v) is 2.60. The minimum absolute atomic E-state index is 0.221. The second-order valence-electron chi connectivity index (χ2n) is 3.76. The Labute approximate surface area is 85.5 Å². The molecule has 0 saturated carbocycles. The van der Waals surface area contributed by atoms with Crippen molar-refractivity contribution in [1.29, 1.82) is 0 Å². The van der Waals surface area contributed by atoms with Crippen molar-refractivity contribution in [3.8, 4) is 0 Å². The van der Waals surface area contributed by atoms with Crippen molar-refractivity contribution in [3.05, 3.63) is 29.8 Å². The van der Waals surface area contributed by atoms with E-state index in [-0.39, 0.29) is 6.54 Å². The van der Waals surface area contributed by atoms with Gasteiger partial charge in [0.1, 0.15) is 0 Å². The van der Waals surface area contributed by atoms with Crippen molar-refractivity contribution in [2.75, 3.05) is 5.32 Å². The highest BCUT2D eigenvalue weighted by Gasteiger charge is 2.52. The second kappa shape index (κ2) is 3.13. The Kier molecular flexibility index (Phi) is 2.15. The van der Waals surface area contributed by atoms with Crippen LogP contribution < -0.4 is 10.6 Å². The molecule has 0 radical (unpaired) electrons. The van der Waals surface area contributed by atoms with Crippen LogP contribution in [0.2, 0.25) is 0 Å². The lowest BCUT2D eigenvalue weighted by Gasteiger charge is -2.39. The van der Waals surface area contributed by atoms with Crippen LogP contribution in [0.3, 0.4) is 0 Å². The highest BCUT2D eigenvalue weighted by Crippen LogP contribution is 2.35. The van der Waals surface area contributed by atoms with Gasteiger partial charge in [0.15, 0.2) is 5.66 Å². The number of nitrogens with one attached hydrogen (secondary N) is 2. The third kappa shape index (κ3) is 1.67. The van der Waals surface area contributed by atoms with Gasteiger partial charge >= 0.3 is 6.18 Å². The number of rotatable bonds is 0. The molecule has 0 spiro atoms. The zero-order valence-electron chi connectivity index (χ0n) is 8.15. The maximum Gasteiger partial charge on any atom is 0.424 e. The predicted octanol–water partition coefficient (Wildman–Crippen LogP) is 2.48. The van der Waals surface area contributed by atoms with Gasteiger partial charge < -0.3 is 5.32 Å². The molecule has 0 aromatic heterocycles. The molecule has 82 valence electrons. The van der Waals surface area contributed by atoms with Gasteiger partial charge in [0.25, 0.3) is 0 Å². The first-order valence-electron chi connectivity index (χ1n) is 4.60. The molecule has 1 unspecified atom stereocenters. The van der Waals surface area contributed by atoms with Gasteiger partial charge in [-0.1, -0.05) is 18.2 Å². The van der Waals surface area contributed by atoms with E-state index in [1.54, 1.807) is 24.3 Å². The van der Waals surface area contributed by atoms with Gasteiger partial charge in [-0.25, -0.2) is 0 Å². The van der Waals surface area contributed by atoms with E-state index in [4.69, 9.17) is 0 Å². The van der Waals surface area contributed by atoms with Crippen LogP contribution >= 0.6 is 0 Å². The van der Waals surface area contributed by atoms with Crippen molar-refractivity contribution in [3.63, 3.8) is 0 Å². The number of alkyl halides is 3. The summed E-state index contributed by atoms with van der Waals surface area (Å²) in [6.07, 6.45) is -4.32. The lowest BCUT2D eigenvalue weighted by molar-refractivity contribution is -0.184. The molecule has 1 aromatic carbocycles. The standard InChI is InChI=1S/C10H11F3N2/c1-9(10(11,12)13)14-6-7-4-2-3-5-8(7)15-9/h2-5,14-15H,6H2,1H3. The van der Waals surface area contributed by atoms with Gasteiger partial charge in [-0.2, -0.15) is 13.2 Å². The molecule has 1 aliphatic heterocycles. The normalized spacial score (nSPS) is 25.6. The quantitative estimate of drug-likeness (QED) is 0.696. The maximum atomic E-state index is 12.7. The fourth-order valence-electron chi connectivity index (χ4n) is 1.55. The molecule has 0 fully saturated rings. The molecule has 0 aliphatic carbocycles.